The number of para-hydroxylation sites is 1. The molecule has 20 heavy (non-hydrogen) atoms. The fourth-order valence-electron chi connectivity index (χ4n) is 1.88. The fraction of sp³-hybridized carbons (Fsp3) is 0.133. The summed E-state index contributed by atoms with van der Waals surface area (Å²) in [5, 5.41) is 1.03. The zero-order valence-corrected chi connectivity index (χ0v) is 11.6. The second-order valence-electron chi connectivity index (χ2n) is 4.36. The number of hydrogen-bond donors (Lipinski definition) is 0. The maximum atomic E-state index is 5.77. The van der Waals surface area contributed by atoms with E-state index in [1.807, 2.05) is 37.3 Å². The topological polar surface area (TPSA) is 47.9 Å². The van der Waals surface area contributed by atoms with Crippen molar-refractivity contribution in [1.82, 2.24) is 15.0 Å². The van der Waals surface area contributed by atoms with Gasteiger partial charge in [0.25, 0.3) is 0 Å². The lowest BCUT2D eigenvalue weighted by atomic mass is 10.2. The Morgan fingerprint density at radius 3 is 2.75 bits per heavy atom. The van der Waals surface area contributed by atoms with Crippen molar-refractivity contribution in [3.63, 3.8) is 0 Å². The zero-order valence-electron chi connectivity index (χ0n) is 10.9. The van der Waals surface area contributed by atoms with E-state index < -0.39 is 0 Å². The van der Waals surface area contributed by atoms with Crippen LogP contribution in [0.5, 0.6) is 11.6 Å². The van der Waals surface area contributed by atoms with Crippen molar-refractivity contribution in [2.75, 3.05) is 0 Å². The number of benzene rings is 1. The lowest BCUT2D eigenvalue weighted by Crippen LogP contribution is -1.94. The molecule has 0 atom stereocenters. The summed E-state index contributed by atoms with van der Waals surface area (Å²) in [7, 11) is 0. The third-order valence-electron chi connectivity index (χ3n) is 2.86. The van der Waals surface area contributed by atoms with Crippen molar-refractivity contribution in [2.45, 2.75) is 12.8 Å². The minimum absolute atomic E-state index is 0.336. The number of ether oxygens (including phenoxy) is 1. The largest absolute Gasteiger partial charge is 0.435 e. The third kappa shape index (κ3) is 2.56. The molecule has 3 aromatic rings. The van der Waals surface area contributed by atoms with Crippen LogP contribution < -0.4 is 4.74 Å². The van der Waals surface area contributed by atoms with Gasteiger partial charge in [-0.25, -0.2) is 9.97 Å². The Kier molecular flexibility index (Phi) is 3.48. The summed E-state index contributed by atoms with van der Waals surface area (Å²) >= 11 is 5.68. The first kappa shape index (κ1) is 12.8. The van der Waals surface area contributed by atoms with Gasteiger partial charge < -0.3 is 4.74 Å². The van der Waals surface area contributed by atoms with Crippen LogP contribution in [0.15, 0.2) is 42.7 Å². The first-order chi connectivity index (χ1) is 9.76. The lowest BCUT2D eigenvalue weighted by Gasteiger charge is -2.08. The van der Waals surface area contributed by atoms with E-state index in [0.29, 0.717) is 23.2 Å². The van der Waals surface area contributed by atoms with E-state index >= 15 is 0 Å². The van der Waals surface area contributed by atoms with Crippen LogP contribution in [0.4, 0.5) is 0 Å². The number of pyridine rings is 1. The first-order valence-electron chi connectivity index (χ1n) is 6.17. The Bertz CT molecular complexity index is 744. The molecule has 0 spiro atoms. The van der Waals surface area contributed by atoms with E-state index in [0.717, 1.165) is 16.6 Å². The summed E-state index contributed by atoms with van der Waals surface area (Å²) in [5.74, 6) is 1.43. The van der Waals surface area contributed by atoms with Crippen molar-refractivity contribution in [1.29, 1.82) is 0 Å². The average Bonchev–Trinajstić information content (AvgIpc) is 2.49. The molecule has 0 radical (unpaired) electrons. The molecule has 0 N–H and O–H groups in total. The number of aryl methyl sites for hydroxylation is 1. The van der Waals surface area contributed by atoms with Gasteiger partial charge >= 0.3 is 0 Å². The van der Waals surface area contributed by atoms with Gasteiger partial charge in [0.2, 0.25) is 5.88 Å². The molecule has 100 valence electrons. The predicted octanol–water partition coefficient (Wildman–Crippen LogP) is 3.86. The van der Waals surface area contributed by atoms with E-state index in [-0.39, 0.29) is 0 Å². The monoisotopic (exact) mass is 285 g/mol. The highest BCUT2D eigenvalue weighted by atomic mass is 35.5. The minimum Gasteiger partial charge on any atom is -0.435 e. The minimum atomic E-state index is 0.336. The quantitative estimate of drug-likeness (QED) is 0.686. The van der Waals surface area contributed by atoms with Gasteiger partial charge in [0.1, 0.15) is 5.52 Å². The third-order valence-corrected chi connectivity index (χ3v) is 3.13. The first-order valence-corrected chi connectivity index (χ1v) is 6.71. The molecule has 0 aliphatic rings. The van der Waals surface area contributed by atoms with E-state index in [2.05, 4.69) is 15.0 Å². The van der Waals surface area contributed by atoms with Crippen LogP contribution in [-0.4, -0.2) is 15.0 Å². The Hall–Kier alpha value is -2.20. The Morgan fingerprint density at radius 2 is 2.00 bits per heavy atom. The smallest absolute Gasteiger partial charge is 0.237 e. The molecule has 0 saturated carbocycles. The molecular formula is C15H12ClN3O. The van der Waals surface area contributed by atoms with Crippen LogP contribution in [0.2, 0.25) is 0 Å². The van der Waals surface area contributed by atoms with Gasteiger partial charge in [-0.05, 0) is 19.1 Å². The van der Waals surface area contributed by atoms with Crippen LogP contribution in [0.1, 0.15) is 11.4 Å². The standard InChI is InChI=1S/C15H12ClN3O/c1-10-5-6-11-3-2-4-13(15(11)19-10)20-14-9-17-12(7-16)8-18-14/h2-6,8-9H,7H2,1H3. The number of aromatic nitrogens is 3. The van der Waals surface area contributed by atoms with Crippen molar-refractivity contribution in [2.24, 2.45) is 0 Å². The van der Waals surface area contributed by atoms with Gasteiger partial charge in [0.15, 0.2) is 5.75 Å². The summed E-state index contributed by atoms with van der Waals surface area (Å²) in [6, 6.07) is 9.78. The molecule has 0 aliphatic heterocycles. The molecule has 0 amide bonds. The van der Waals surface area contributed by atoms with E-state index in [4.69, 9.17) is 16.3 Å². The highest BCUT2D eigenvalue weighted by Gasteiger charge is 2.06. The molecular weight excluding hydrogens is 274 g/mol. The Labute approximate surface area is 121 Å². The van der Waals surface area contributed by atoms with E-state index in [1.54, 1.807) is 12.4 Å². The van der Waals surface area contributed by atoms with E-state index in [9.17, 15) is 0 Å². The molecule has 0 aliphatic carbocycles. The Morgan fingerprint density at radius 1 is 1.10 bits per heavy atom. The number of alkyl halides is 1. The van der Waals surface area contributed by atoms with E-state index in [1.165, 1.54) is 0 Å². The predicted molar refractivity (Wildman–Crippen MR) is 78.1 cm³/mol. The van der Waals surface area contributed by atoms with Crippen molar-refractivity contribution < 1.29 is 4.74 Å². The molecule has 5 heteroatoms. The fourth-order valence-corrected chi connectivity index (χ4v) is 2.02. The zero-order chi connectivity index (χ0) is 13.9. The molecule has 0 unspecified atom stereocenters. The van der Waals surface area contributed by atoms with Crippen LogP contribution in [-0.2, 0) is 5.88 Å². The molecule has 1 aromatic carbocycles. The summed E-state index contributed by atoms with van der Waals surface area (Å²) in [6.45, 7) is 1.95. The normalized spacial score (nSPS) is 10.7. The van der Waals surface area contributed by atoms with Crippen LogP contribution in [0, 0.1) is 6.92 Å². The second kappa shape index (κ2) is 5.43. The highest BCUT2D eigenvalue weighted by molar-refractivity contribution is 6.16. The molecule has 2 heterocycles. The van der Waals surface area contributed by atoms with Crippen LogP contribution in [0.25, 0.3) is 10.9 Å². The number of hydrogen-bond acceptors (Lipinski definition) is 4. The van der Waals surface area contributed by atoms with Crippen molar-refractivity contribution >= 4 is 22.5 Å². The maximum Gasteiger partial charge on any atom is 0.237 e. The molecule has 0 fully saturated rings. The average molecular weight is 286 g/mol. The molecule has 4 nitrogen and oxygen atoms in total. The number of halogens is 1. The number of rotatable bonds is 3. The highest BCUT2D eigenvalue weighted by Crippen LogP contribution is 2.27. The van der Waals surface area contributed by atoms with Gasteiger partial charge in [0.05, 0.1) is 24.0 Å². The molecule has 0 bridgehead atoms. The van der Waals surface area contributed by atoms with Gasteiger partial charge in [-0.2, -0.15) is 0 Å². The summed E-state index contributed by atoms with van der Waals surface area (Å²) in [6.07, 6.45) is 3.17. The van der Waals surface area contributed by atoms with Crippen molar-refractivity contribution in [3.05, 3.63) is 54.1 Å². The molecule has 2 aromatic heterocycles. The van der Waals surface area contributed by atoms with Gasteiger partial charge in [-0.15, -0.1) is 11.6 Å². The SMILES string of the molecule is Cc1ccc2cccc(Oc3cnc(CCl)cn3)c2n1. The van der Waals surface area contributed by atoms with Gasteiger partial charge in [0, 0.05) is 11.1 Å². The summed E-state index contributed by atoms with van der Waals surface area (Å²) < 4.78 is 5.77. The molecule has 3 rings (SSSR count). The summed E-state index contributed by atoms with van der Waals surface area (Å²) in [4.78, 5) is 12.8. The number of nitrogens with zero attached hydrogens (tertiary/aromatic N) is 3. The number of fused-ring (bicyclic) bond motifs is 1. The second-order valence-corrected chi connectivity index (χ2v) is 4.63. The van der Waals surface area contributed by atoms with Gasteiger partial charge in [-0.3, -0.25) is 4.98 Å². The Balaban J connectivity index is 1.99. The maximum absolute atomic E-state index is 5.77. The van der Waals surface area contributed by atoms with Crippen LogP contribution in [0.3, 0.4) is 0 Å². The van der Waals surface area contributed by atoms with Gasteiger partial charge in [-0.1, -0.05) is 18.2 Å². The molecule has 0 saturated heterocycles. The lowest BCUT2D eigenvalue weighted by molar-refractivity contribution is 0.463. The van der Waals surface area contributed by atoms with Crippen LogP contribution >= 0.6 is 11.6 Å². The van der Waals surface area contributed by atoms with Crippen molar-refractivity contribution in [3.8, 4) is 11.6 Å². The summed E-state index contributed by atoms with van der Waals surface area (Å²) in [5.41, 5.74) is 2.47.